The van der Waals surface area contributed by atoms with Crippen LogP contribution in [0.4, 0.5) is 11.4 Å². The number of nitrogens with zero attached hydrogens (tertiary/aromatic N) is 1. The van der Waals surface area contributed by atoms with Gasteiger partial charge in [0.15, 0.2) is 0 Å². The molecule has 0 spiro atoms. The minimum absolute atomic E-state index is 0.0810. The average molecular weight is 375 g/mol. The first kappa shape index (κ1) is 17.2. The van der Waals surface area contributed by atoms with Crippen LogP contribution in [-0.4, -0.2) is 18.4 Å². The Morgan fingerprint density at radius 1 is 1.09 bits per heavy atom. The van der Waals surface area contributed by atoms with E-state index in [1.54, 1.807) is 4.90 Å². The third kappa shape index (κ3) is 4.93. The summed E-state index contributed by atoms with van der Waals surface area (Å²) in [6.45, 7) is 3.84. The molecule has 0 saturated carbocycles. The van der Waals surface area contributed by atoms with Crippen LogP contribution >= 0.6 is 15.9 Å². The molecular weight excluding hydrogens is 356 g/mol. The van der Waals surface area contributed by atoms with E-state index >= 15 is 0 Å². The lowest BCUT2D eigenvalue weighted by atomic mass is 10.2. The van der Waals surface area contributed by atoms with Crippen molar-refractivity contribution in [2.75, 3.05) is 16.8 Å². The van der Waals surface area contributed by atoms with Crippen LogP contribution in [0.1, 0.15) is 18.9 Å². The third-order valence-corrected chi connectivity index (χ3v) is 4.13. The molecule has 0 aliphatic rings. The van der Waals surface area contributed by atoms with Crippen molar-refractivity contribution in [3.63, 3.8) is 0 Å². The second kappa shape index (κ2) is 7.92. The predicted molar refractivity (Wildman–Crippen MR) is 96.6 cm³/mol. The highest BCUT2D eigenvalue weighted by Crippen LogP contribution is 2.21. The number of amides is 2. The Balaban J connectivity index is 1.99. The second-order valence-electron chi connectivity index (χ2n) is 5.28. The monoisotopic (exact) mass is 374 g/mol. The van der Waals surface area contributed by atoms with Gasteiger partial charge in [0.2, 0.25) is 11.8 Å². The van der Waals surface area contributed by atoms with Crippen LogP contribution in [0.3, 0.4) is 0 Å². The van der Waals surface area contributed by atoms with E-state index in [2.05, 4.69) is 21.2 Å². The molecule has 0 atom stereocenters. The fourth-order valence-electron chi connectivity index (χ4n) is 2.18. The van der Waals surface area contributed by atoms with Crippen molar-refractivity contribution >= 4 is 39.1 Å². The van der Waals surface area contributed by atoms with Gasteiger partial charge in [0.05, 0.1) is 5.69 Å². The van der Waals surface area contributed by atoms with Gasteiger partial charge >= 0.3 is 0 Å². The van der Waals surface area contributed by atoms with Gasteiger partial charge < -0.3 is 10.2 Å². The summed E-state index contributed by atoms with van der Waals surface area (Å²) in [5.74, 6) is -0.210. The van der Waals surface area contributed by atoms with Crippen molar-refractivity contribution < 1.29 is 9.59 Å². The SMILES string of the molecule is CC(=O)N(CCC(=O)Nc1ccccc1Br)c1ccc(C)cc1. The summed E-state index contributed by atoms with van der Waals surface area (Å²) >= 11 is 3.39. The molecular formula is C18H19BrN2O2. The number of hydrogen-bond donors (Lipinski definition) is 1. The third-order valence-electron chi connectivity index (χ3n) is 3.44. The number of para-hydroxylation sites is 1. The first-order chi connectivity index (χ1) is 11.0. The Kier molecular flexibility index (Phi) is 5.93. The number of aryl methyl sites for hydroxylation is 1. The van der Waals surface area contributed by atoms with Crippen molar-refractivity contribution in [3.05, 3.63) is 58.6 Å². The van der Waals surface area contributed by atoms with Crippen molar-refractivity contribution in [2.24, 2.45) is 0 Å². The molecule has 2 rings (SSSR count). The molecule has 4 nitrogen and oxygen atoms in total. The molecule has 0 aliphatic heterocycles. The smallest absolute Gasteiger partial charge is 0.226 e. The highest BCUT2D eigenvalue weighted by molar-refractivity contribution is 9.10. The predicted octanol–water partition coefficient (Wildman–Crippen LogP) is 4.14. The highest BCUT2D eigenvalue weighted by Gasteiger charge is 2.13. The quantitative estimate of drug-likeness (QED) is 0.854. The highest BCUT2D eigenvalue weighted by atomic mass is 79.9. The van der Waals surface area contributed by atoms with Crippen molar-refractivity contribution in [1.29, 1.82) is 0 Å². The van der Waals surface area contributed by atoms with Crippen LogP contribution in [-0.2, 0) is 9.59 Å². The van der Waals surface area contributed by atoms with Crippen LogP contribution in [0.25, 0.3) is 0 Å². The molecule has 0 heterocycles. The zero-order chi connectivity index (χ0) is 16.8. The van der Waals surface area contributed by atoms with Crippen molar-refractivity contribution in [3.8, 4) is 0 Å². The van der Waals surface area contributed by atoms with Crippen LogP contribution in [0.2, 0.25) is 0 Å². The van der Waals surface area contributed by atoms with E-state index in [4.69, 9.17) is 0 Å². The van der Waals surface area contributed by atoms with E-state index < -0.39 is 0 Å². The van der Waals surface area contributed by atoms with Gasteiger partial charge in [0, 0.05) is 30.0 Å². The number of nitrogens with one attached hydrogen (secondary N) is 1. The van der Waals surface area contributed by atoms with E-state index in [0.29, 0.717) is 6.54 Å². The fraction of sp³-hybridized carbons (Fsp3) is 0.222. The van der Waals surface area contributed by atoms with Crippen LogP contribution in [0.15, 0.2) is 53.0 Å². The van der Waals surface area contributed by atoms with Gasteiger partial charge in [-0.1, -0.05) is 29.8 Å². The number of hydrogen-bond acceptors (Lipinski definition) is 2. The average Bonchev–Trinajstić information content (AvgIpc) is 2.51. The Morgan fingerprint density at radius 2 is 1.74 bits per heavy atom. The van der Waals surface area contributed by atoms with Gasteiger partial charge in [0.1, 0.15) is 0 Å². The summed E-state index contributed by atoms with van der Waals surface area (Å²) in [6, 6.07) is 15.1. The number of carbonyl (C=O) groups is 2. The maximum absolute atomic E-state index is 12.1. The van der Waals surface area contributed by atoms with Gasteiger partial charge in [-0.05, 0) is 47.1 Å². The Bertz CT molecular complexity index is 698. The Labute approximate surface area is 144 Å². The minimum Gasteiger partial charge on any atom is -0.325 e. The first-order valence-corrected chi connectivity index (χ1v) is 8.16. The van der Waals surface area contributed by atoms with Gasteiger partial charge in [-0.2, -0.15) is 0 Å². The van der Waals surface area contributed by atoms with Crippen LogP contribution < -0.4 is 10.2 Å². The van der Waals surface area contributed by atoms with E-state index in [1.165, 1.54) is 6.92 Å². The molecule has 1 N–H and O–H groups in total. The van der Waals surface area contributed by atoms with Crippen LogP contribution in [0, 0.1) is 6.92 Å². The summed E-state index contributed by atoms with van der Waals surface area (Å²) in [4.78, 5) is 25.6. The molecule has 0 fully saturated rings. The Morgan fingerprint density at radius 3 is 2.35 bits per heavy atom. The van der Waals surface area contributed by atoms with Crippen LogP contribution in [0.5, 0.6) is 0 Å². The normalized spacial score (nSPS) is 10.2. The van der Waals surface area contributed by atoms with Gasteiger partial charge in [-0.25, -0.2) is 0 Å². The van der Waals surface area contributed by atoms with E-state index in [0.717, 1.165) is 21.4 Å². The lowest BCUT2D eigenvalue weighted by Gasteiger charge is -2.21. The van der Waals surface area contributed by atoms with E-state index in [-0.39, 0.29) is 18.2 Å². The molecule has 2 amide bonds. The van der Waals surface area contributed by atoms with E-state index in [1.807, 2.05) is 55.5 Å². The minimum atomic E-state index is -0.129. The molecule has 0 saturated heterocycles. The molecule has 5 heteroatoms. The molecule has 120 valence electrons. The number of benzene rings is 2. The topological polar surface area (TPSA) is 49.4 Å². The summed E-state index contributed by atoms with van der Waals surface area (Å²) in [7, 11) is 0. The van der Waals surface area contributed by atoms with Crippen molar-refractivity contribution in [2.45, 2.75) is 20.3 Å². The standard InChI is InChI=1S/C18H19BrN2O2/c1-13-7-9-15(10-8-13)21(14(2)22)12-11-18(23)20-17-6-4-3-5-16(17)19/h3-10H,11-12H2,1-2H3,(H,20,23). The summed E-state index contributed by atoms with van der Waals surface area (Å²) in [5.41, 5.74) is 2.66. The molecule has 2 aromatic carbocycles. The second-order valence-corrected chi connectivity index (χ2v) is 6.14. The molecule has 0 radical (unpaired) electrons. The number of carbonyl (C=O) groups excluding carboxylic acids is 2. The van der Waals surface area contributed by atoms with Crippen molar-refractivity contribution in [1.82, 2.24) is 0 Å². The molecule has 0 aliphatic carbocycles. The summed E-state index contributed by atoms with van der Waals surface area (Å²) in [6.07, 6.45) is 0.231. The molecule has 0 unspecified atom stereocenters. The number of anilines is 2. The Hall–Kier alpha value is -2.14. The van der Waals surface area contributed by atoms with Gasteiger partial charge in [-0.15, -0.1) is 0 Å². The zero-order valence-electron chi connectivity index (χ0n) is 13.2. The summed E-state index contributed by atoms with van der Waals surface area (Å²) < 4.78 is 0.829. The number of rotatable bonds is 5. The zero-order valence-corrected chi connectivity index (χ0v) is 14.8. The summed E-state index contributed by atoms with van der Waals surface area (Å²) in [5, 5.41) is 2.84. The maximum Gasteiger partial charge on any atom is 0.226 e. The van der Waals surface area contributed by atoms with Gasteiger partial charge in [-0.3, -0.25) is 9.59 Å². The lowest BCUT2D eigenvalue weighted by molar-refractivity contribution is -0.117. The molecule has 0 aromatic heterocycles. The van der Waals surface area contributed by atoms with E-state index in [9.17, 15) is 9.59 Å². The largest absolute Gasteiger partial charge is 0.325 e. The number of halogens is 1. The van der Waals surface area contributed by atoms with Gasteiger partial charge in [0.25, 0.3) is 0 Å². The molecule has 0 bridgehead atoms. The molecule has 23 heavy (non-hydrogen) atoms. The molecule has 2 aromatic rings. The first-order valence-electron chi connectivity index (χ1n) is 7.36. The lowest BCUT2D eigenvalue weighted by Crippen LogP contribution is -2.31. The maximum atomic E-state index is 12.1. The fourth-order valence-corrected chi connectivity index (χ4v) is 2.57.